The zero-order valence-corrected chi connectivity index (χ0v) is 17.4. The van der Waals surface area contributed by atoms with Gasteiger partial charge in [0.1, 0.15) is 0 Å². The number of hydrogen-bond donors (Lipinski definition) is 3. The van der Waals surface area contributed by atoms with E-state index in [1.165, 1.54) is 0 Å². The minimum absolute atomic E-state index is 0.0497. The molecule has 6 heteroatoms. The van der Waals surface area contributed by atoms with Crippen LogP contribution in [0.5, 0.6) is 0 Å². The first-order valence-corrected chi connectivity index (χ1v) is 10.1. The highest BCUT2D eigenvalue weighted by Crippen LogP contribution is 2.24. The van der Waals surface area contributed by atoms with Crippen molar-refractivity contribution in [2.24, 2.45) is 0 Å². The van der Waals surface area contributed by atoms with Crippen LogP contribution in [0.15, 0.2) is 84.9 Å². The summed E-state index contributed by atoms with van der Waals surface area (Å²) in [5, 5.41) is 8.80. The highest BCUT2D eigenvalue weighted by atomic mass is 32.1. The van der Waals surface area contributed by atoms with Gasteiger partial charge in [-0.05, 0) is 47.6 Å². The molecule has 30 heavy (non-hydrogen) atoms. The summed E-state index contributed by atoms with van der Waals surface area (Å²) >= 11 is 5.34. The fourth-order valence-corrected chi connectivity index (χ4v) is 3.24. The van der Waals surface area contributed by atoms with Crippen molar-refractivity contribution in [3.8, 4) is 0 Å². The number of hydrogen-bond acceptors (Lipinski definition) is 3. The molecule has 0 bridgehead atoms. The Morgan fingerprint density at radius 3 is 1.70 bits per heavy atom. The minimum Gasteiger partial charge on any atom is -0.332 e. The molecule has 3 rings (SSSR count). The maximum Gasteiger partial charge on any atom is 0.238 e. The second-order valence-electron chi connectivity index (χ2n) is 6.68. The average Bonchev–Trinajstić information content (AvgIpc) is 2.76. The summed E-state index contributed by atoms with van der Waals surface area (Å²) in [5.74, 6) is -0.734. The summed E-state index contributed by atoms with van der Waals surface area (Å²) < 4.78 is 0. The summed E-state index contributed by atoms with van der Waals surface area (Å²) in [4.78, 5) is 24.5. The van der Waals surface area contributed by atoms with Gasteiger partial charge < -0.3 is 16.0 Å². The molecule has 5 nitrogen and oxygen atoms in total. The van der Waals surface area contributed by atoms with Gasteiger partial charge in [-0.15, -0.1) is 0 Å². The van der Waals surface area contributed by atoms with Crippen molar-refractivity contribution in [2.45, 2.75) is 19.3 Å². The molecule has 152 valence electrons. The maximum atomic E-state index is 13.1. The lowest BCUT2D eigenvalue weighted by atomic mass is 9.90. The Morgan fingerprint density at radius 2 is 1.23 bits per heavy atom. The van der Waals surface area contributed by atoms with Crippen molar-refractivity contribution in [3.63, 3.8) is 0 Å². The van der Waals surface area contributed by atoms with E-state index >= 15 is 0 Å². The SMILES string of the molecule is CCC(=O)Nc1ccc(NC(=S)NC(=O)C(c2ccccc2)c2ccccc2)cc1. The first-order valence-electron chi connectivity index (χ1n) is 9.68. The number of amides is 2. The molecule has 3 N–H and O–H groups in total. The third kappa shape index (κ3) is 5.75. The van der Waals surface area contributed by atoms with E-state index in [0.717, 1.165) is 11.1 Å². The van der Waals surface area contributed by atoms with E-state index in [1.807, 2.05) is 60.7 Å². The van der Waals surface area contributed by atoms with Gasteiger partial charge in [0.05, 0.1) is 5.92 Å². The van der Waals surface area contributed by atoms with Crippen molar-refractivity contribution in [1.82, 2.24) is 5.32 Å². The third-order valence-electron chi connectivity index (χ3n) is 4.51. The Morgan fingerprint density at radius 1 is 0.767 bits per heavy atom. The number of carbonyl (C=O) groups is 2. The smallest absolute Gasteiger partial charge is 0.238 e. The molecular weight excluding hydrogens is 394 g/mol. The average molecular weight is 418 g/mol. The standard InChI is InChI=1S/C24H23N3O2S/c1-2-21(28)25-19-13-15-20(16-14-19)26-24(30)27-23(29)22(17-9-5-3-6-10-17)18-11-7-4-8-12-18/h3-16,22H,2H2,1H3,(H,25,28)(H2,26,27,29,30). The lowest BCUT2D eigenvalue weighted by Crippen LogP contribution is -2.37. The van der Waals surface area contributed by atoms with Gasteiger partial charge in [-0.3, -0.25) is 9.59 Å². The van der Waals surface area contributed by atoms with Gasteiger partial charge >= 0.3 is 0 Å². The van der Waals surface area contributed by atoms with Gasteiger partial charge in [0.25, 0.3) is 0 Å². The Bertz CT molecular complexity index is 966. The van der Waals surface area contributed by atoms with E-state index < -0.39 is 5.92 Å². The molecule has 0 aliphatic rings. The highest BCUT2D eigenvalue weighted by Gasteiger charge is 2.23. The molecule has 0 radical (unpaired) electrons. The molecule has 3 aromatic carbocycles. The number of thiocarbonyl (C=S) groups is 1. The predicted molar refractivity (Wildman–Crippen MR) is 124 cm³/mol. The molecule has 0 aliphatic carbocycles. The van der Waals surface area contributed by atoms with Crippen LogP contribution in [0.1, 0.15) is 30.4 Å². The van der Waals surface area contributed by atoms with Crippen molar-refractivity contribution in [2.75, 3.05) is 10.6 Å². The van der Waals surface area contributed by atoms with Crippen LogP contribution in [0.2, 0.25) is 0 Å². The van der Waals surface area contributed by atoms with Crippen LogP contribution in [0.3, 0.4) is 0 Å². The fourth-order valence-electron chi connectivity index (χ4n) is 3.02. The molecule has 0 spiro atoms. The van der Waals surface area contributed by atoms with Crippen LogP contribution in [0, 0.1) is 0 Å². The summed E-state index contributed by atoms with van der Waals surface area (Å²) in [6.45, 7) is 1.80. The van der Waals surface area contributed by atoms with Gasteiger partial charge in [0.2, 0.25) is 11.8 Å². The van der Waals surface area contributed by atoms with Gasteiger partial charge in [0, 0.05) is 17.8 Å². The molecular formula is C24H23N3O2S. The number of rotatable bonds is 6. The molecule has 0 aliphatic heterocycles. The molecule has 0 saturated carbocycles. The monoisotopic (exact) mass is 417 g/mol. The molecule has 2 amide bonds. The number of nitrogens with one attached hydrogen (secondary N) is 3. The van der Waals surface area contributed by atoms with E-state index in [9.17, 15) is 9.59 Å². The van der Waals surface area contributed by atoms with Crippen molar-refractivity contribution >= 4 is 40.5 Å². The summed E-state index contributed by atoms with van der Waals surface area (Å²) in [7, 11) is 0. The van der Waals surface area contributed by atoms with E-state index in [0.29, 0.717) is 17.8 Å². The van der Waals surface area contributed by atoms with Crippen LogP contribution in [-0.4, -0.2) is 16.9 Å². The van der Waals surface area contributed by atoms with Gasteiger partial charge in [-0.2, -0.15) is 0 Å². The largest absolute Gasteiger partial charge is 0.332 e. The van der Waals surface area contributed by atoms with Crippen LogP contribution in [-0.2, 0) is 9.59 Å². The summed E-state index contributed by atoms with van der Waals surface area (Å²) in [6, 6.07) is 26.3. The molecule has 3 aromatic rings. The number of carbonyl (C=O) groups excluding carboxylic acids is 2. The van der Waals surface area contributed by atoms with Gasteiger partial charge in [-0.1, -0.05) is 67.6 Å². The predicted octanol–water partition coefficient (Wildman–Crippen LogP) is 4.68. The zero-order chi connectivity index (χ0) is 21.3. The van der Waals surface area contributed by atoms with Crippen LogP contribution < -0.4 is 16.0 Å². The van der Waals surface area contributed by atoms with Crippen molar-refractivity contribution in [1.29, 1.82) is 0 Å². The van der Waals surface area contributed by atoms with Crippen LogP contribution >= 0.6 is 12.2 Å². The van der Waals surface area contributed by atoms with E-state index in [4.69, 9.17) is 12.2 Å². The lowest BCUT2D eigenvalue weighted by molar-refractivity contribution is -0.120. The van der Waals surface area contributed by atoms with Crippen molar-refractivity contribution < 1.29 is 9.59 Å². The first-order chi connectivity index (χ1) is 14.6. The van der Waals surface area contributed by atoms with Crippen molar-refractivity contribution in [3.05, 3.63) is 96.1 Å². The number of benzene rings is 3. The topological polar surface area (TPSA) is 70.2 Å². The lowest BCUT2D eigenvalue weighted by Gasteiger charge is -2.18. The molecule has 0 heterocycles. The first kappa shape index (κ1) is 21.2. The summed E-state index contributed by atoms with van der Waals surface area (Å²) in [6.07, 6.45) is 0.417. The highest BCUT2D eigenvalue weighted by molar-refractivity contribution is 7.80. The van der Waals surface area contributed by atoms with E-state index in [1.54, 1.807) is 31.2 Å². The fraction of sp³-hybridized carbons (Fsp3) is 0.125. The normalized spacial score (nSPS) is 10.3. The van der Waals surface area contributed by atoms with Gasteiger partial charge in [-0.25, -0.2) is 0 Å². The number of anilines is 2. The third-order valence-corrected chi connectivity index (χ3v) is 4.72. The minimum atomic E-state index is -0.473. The molecule has 0 atom stereocenters. The van der Waals surface area contributed by atoms with Crippen LogP contribution in [0.25, 0.3) is 0 Å². The zero-order valence-electron chi connectivity index (χ0n) is 16.6. The van der Waals surface area contributed by atoms with Crippen LogP contribution in [0.4, 0.5) is 11.4 Å². The Hall–Kier alpha value is -3.51. The quantitative estimate of drug-likeness (QED) is 0.509. The van der Waals surface area contributed by atoms with E-state index in [-0.39, 0.29) is 16.9 Å². The van der Waals surface area contributed by atoms with Gasteiger partial charge in [0.15, 0.2) is 5.11 Å². The molecule has 0 fully saturated rings. The Kier molecular flexibility index (Phi) is 7.29. The maximum absolute atomic E-state index is 13.1. The Balaban J connectivity index is 1.68. The molecule has 0 unspecified atom stereocenters. The second-order valence-corrected chi connectivity index (χ2v) is 7.09. The summed E-state index contributed by atoms with van der Waals surface area (Å²) in [5.41, 5.74) is 3.20. The van der Waals surface area contributed by atoms with E-state index in [2.05, 4.69) is 16.0 Å². The molecule has 0 saturated heterocycles. The Labute approximate surface area is 181 Å². The molecule has 0 aromatic heterocycles. The second kappa shape index (κ2) is 10.3.